The molecule has 0 aliphatic heterocycles. The molecule has 0 bridgehead atoms. The summed E-state index contributed by atoms with van der Waals surface area (Å²) in [6.07, 6.45) is 0.992. The molecule has 0 unspecified atom stereocenters. The van der Waals surface area contributed by atoms with Gasteiger partial charge in [0.05, 0.1) is 13.7 Å². The number of rotatable bonds is 5. The fourth-order valence-electron chi connectivity index (χ4n) is 1.44. The Kier molecular flexibility index (Phi) is 6.16. The first kappa shape index (κ1) is 13.6. The first-order valence-electron chi connectivity index (χ1n) is 5.66. The van der Waals surface area contributed by atoms with Gasteiger partial charge in [0, 0.05) is 17.7 Å². The van der Waals surface area contributed by atoms with Gasteiger partial charge in [-0.25, -0.2) is 0 Å². The topological polar surface area (TPSA) is 38.7 Å². The number of ether oxygens (including phenoxy) is 2. The first-order chi connectivity index (χ1) is 8.31. The summed E-state index contributed by atoms with van der Waals surface area (Å²) >= 11 is 0. The van der Waals surface area contributed by atoms with E-state index in [2.05, 4.69) is 18.8 Å². The Morgan fingerprint density at radius 2 is 2.18 bits per heavy atom. The summed E-state index contributed by atoms with van der Waals surface area (Å²) in [5, 5.41) is 8.65. The van der Waals surface area contributed by atoms with Crippen molar-refractivity contribution in [3.8, 4) is 17.6 Å². The van der Waals surface area contributed by atoms with Crippen LogP contribution < -0.4 is 4.74 Å². The van der Waals surface area contributed by atoms with Crippen LogP contribution in [-0.2, 0) is 11.3 Å². The highest BCUT2D eigenvalue weighted by molar-refractivity contribution is 5.44. The van der Waals surface area contributed by atoms with Crippen molar-refractivity contribution in [1.82, 2.24) is 0 Å². The van der Waals surface area contributed by atoms with E-state index < -0.39 is 0 Å². The van der Waals surface area contributed by atoms with Crippen molar-refractivity contribution in [2.45, 2.75) is 20.0 Å². The van der Waals surface area contributed by atoms with Gasteiger partial charge >= 0.3 is 0 Å². The maximum atomic E-state index is 8.65. The van der Waals surface area contributed by atoms with Crippen molar-refractivity contribution >= 4 is 0 Å². The molecule has 0 atom stereocenters. The molecule has 0 radical (unpaired) electrons. The van der Waals surface area contributed by atoms with Gasteiger partial charge in [0.25, 0.3) is 0 Å². The Labute approximate surface area is 102 Å². The van der Waals surface area contributed by atoms with Crippen LogP contribution in [0.5, 0.6) is 5.75 Å². The van der Waals surface area contributed by atoms with Crippen molar-refractivity contribution in [2.75, 3.05) is 20.3 Å². The standard InChI is InChI=1S/C14H18O3/c1-3-9-17-11-13-10-12(5-4-8-15)6-7-14(13)16-2/h6-7,10,15H,3,8-9,11H2,1-2H3. The van der Waals surface area contributed by atoms with Gasteiger partial charge in [0.2, 0.25) is 0 Å². The van der Waals surface area contributed by atoms with Crippen LogP contribution in [-0.4, -0.2) is 25.4 Å². The van der Waals surface area contributed by atoms with Gasteiger partial charge in [-0.15, -0.1) is 0 Å². The molecule has 0 aromatic heterocycles. The van der Waals surface area contributed by atoms with Gasteiger partial charge in [-0.2, -0.15) is 0 Å². The van der Waals surface area contributed by atoms with Crippen LogP contribution >= 0.6 is 0 Å². The van der Waals surface area contributed by atoms with Crippen LogP contribution in [0.3, 0.4) is 0 Å². The lowest BCUT2D eigenvalue weighted by Crippen LogP contribution is -1.98. The third-order valence-corrected chi connectivity index (χ3v) is 2.20. The van der Waals surface area contributed by atoms with E-state index >= 15 is 0 Å². The zero-order valence-corrected chi connectivity index (χ0v) is 10.3. The molecular formula is C14H18O3. The van der Waals surface area contributed by atoms with Crippen LogP contribution in [0.25, 0.3) is 0 Å². The molecule has 0 heterocycles. The SMILES string of the molecule is CCCOCc1cc(C#CCO)ccc1OC. The summed E-state index contributed by atoms with van der Waals surface area (Å²) in [6.45, 7) is 3.19. The number of aliphatic hydroxyl groups excluding tert-OH is 1. The zero-order chi connectivity index (χ0) is 12.5. The molecule has 0 aliphatic rings. The van der Waals surface area contributed by atoms with Crippen molar-refractivity contribution in [1.29, 1.82) is 0 Å². The van der Waals surface area contributed by atoms with E-state index in [9.17, 15) is 0 Å². The van der Waals surface area contributed by atoms with E-state index in [0.29, 0.717) is 6.61 Å². The second kappa shape index (κ2) is 7.72. The Hall–Kier alpha value is -1.50. The highest BCUT2D eigenvalue weighted by Crippen LogP contribution is 2.20. The third kappa shape index (κ3) is 4.48. The lowest BCUT2D eigenvalue weighted by atomic mass is 10.1. The highest BCUT2D eigenvalue weighted by Gasteiger charge is 2.03. The molecule has 0 spiro atoms. The molecule has 3 nitrogen and oxygen atoms in total. The van der Waals surface area contributed by atoms with Crippen molar-refractivity contribution in [3.63, 3.8) is 0 Å². The lowest BCUT2D eigenvalue weighted by molar-refractivity contribution is 0.119. The van der Waals surface area contributed by atoms with Crippen molar-refractivity contribution < 1.29 is 14.6 Å². The Bertz CT molecular complexity index is 402. The van der Waals surface area contributed by atoms with Crippen molar-refractivity contribution in [2.24, 2.45) is 0 Å². The molecule has 1 aromatic rings. The molecule has 0 saturated heterocycles. The van der Waals surface area contributed by atoms with Crippen LogP contribution in [0.15, 0.2) is 18.2 Å². The molecule has 17 heavy (non-hydrogen) atoms. The maximum absolute atomic E-state index is 8.65. The zero-order valence-electron chi connectivity index (χ0n) is 10.3. The number of hydrogen-bond acceptors (Lipinski definition) is 3. The minimum atomic E-state index is -0.131. The Balaban J connectivity index is 2.82. The Morgan fingerprint density at radius 3 is 2.82 bits per heavy atom. The van der Waals surface area contributed by atoms with Gasteiger partial charge in [0.1, 0.15) is 12.4 Å². The van der Waals surface area contributed by atoms with E-state index in [1.54, 1.807) is 7.11 Å². The molecule has 0 saturated carbocycles. The van der Waals surface area contributed by atoms with Crippen molar-refractivity contribution in [3.05, 3.63) is 29.3 Å². The summed E-state index contributed by atoms with van der Waals surface area (Å²) in [4.78, 5) is 0. The normalized spacial score (nSPS) is 9.59. The van der Waals surface area contributed by atoms with E-state index in [-0.39, 0.29) is 6.61 Å². The summed E-state index contributed by atoms with van der Waals surface area (Å²) in [5.41, 5.74) is 1.83. The first-order valence-corrected chi connectivity index (χ1v) is 5.66. The molecule has 0 amide bonds. The van der Waals surface area contributed by atoms with Gasteiger partial charge in [-0.1, -0.05) is 18.8 Å². The fraction of sp³-hybridized carbons (Fsp3) is 0.429. The molecule has 0 fully saturated rings. The third-order valence-electron chi connectivity index (χ3n) is 2.20. The molecular weight excluding hydrogens is 216 g/mol. The summed E-state index contributed by atoms with van der Waals surface area (Å²) in [6, 6.07) is 5.66. The van der Waals surface area contributed by atoms with Gasteiger partial charge in [-0.05, 0) is 24.6 Å². The number of aliphatic hydroxyl groups is 1. The summed E-state index contributed by atoms with van der Waals surface area (Å²) < 4.78 is 10.8. The van der Waals surface area contributed by atoms with Crippen LogP contribution in [0.1, 0.15) is 24.5 Å². The highest BCUT2D eigenvalue weighted by atomic mass is 16.5. The van der Waals surface area contributed by atoms with E-state index in [4.69, 9.17) is 14.6 Å². The molecule has 1 N–H and O–H groups in total. The maximum Gasteiger partial charge on any atom is 0.124 e. The number of benzene rings is 1. The average Bonchev–Trinajstić information content (AvgIpc) is 2.37. The molecule has 3 heteroatoms. The predicted octanol–water partition coefficient (Wildman–Crippen LogP) is 1.97. The van der Waals surface area contributed by atoms with E-state index in [1.807, 2.05) is 18.2 Å². The second-order valence-electron chi connectivity index (χ2n) is 3.54. The van der Waals surface area contributed by atoms with Crippen LogP contribution in [0.2, 0.25) is 0 Å². The molecule has 1 aromatic carbocycles. The van der Waals surface area contributed by atoms with E-state index in [1.165, 1.54) is 0 Å². The van der Waals surface area contributed by atoms with Gasteiger partial charge in [0.15, 0.2) is 0 Å². The van der Waals surface area contributed by atoms with Crippen LogP contribution in [0, 0.1) is 11.8 Å². The minimum Gasteiger partial charge on any atom is -0.496 e. The predicted molar refractivity (Wildman–Crippen MR) is 66.9 cm³/mol. The van der Waals surface area contributed by atoms with E-state index in [0.717, 1.165) is 29.9 Å². The quantitative estimate of drug-likeness (QED) is 0.625. The largest absolute Gasteiger partial charge is 0.496 e. The van der Waals surface area contributed by atoms with Gasteiger partial charge in [-0.3, -0.25) is 0 Å². The van der Waals surface area contributed by atoms with Crippen LogP contribution in [0.4, 0.5) is 0 Å². The Morgan fingerprint density at radius 1 is 1.35 bits per heavy atom. The minimum absolute atomic E-state index is 0.131. The average molecular weight is 234 g/mol. The molecule has 1 rings (SSSR count). The monoisotopic (exact) mass is 234 g/mol. The van der Waals surface area contributed by atoms with Gasteiger partial charge < -0.3 is 14.6 Å². The number of hydrogen-bond donors (Lipinski definition) is 1. The lowest BCUT2D eigenvalue weighted by Gasteiger charge is -2.09. The molecule has 92 valence electrons. The fourth-order valence-corrected chi connectivity index (χ4v) is 1.44. The summed E-state index contributed by atoms with van der Waals surface area (Å²) in [7, 11) is 1.64. The second-order valence-corrected chi connectivity index (χ2v) is 3.54. The smallest absolute Gasteiger partial charge is 0.124 e. The number of methoxy groups -OCH3 is 1. The summed E-state index contributed by atoms with van der Waals surface area (Å²) in [5.74, 6) is 6.29. The molecule has 0 aliphatic carbocycles.